The molecule has 1 aromatic heterocycles. The van der Waals surface area contributed by atoms with Gasteiger partial charge in [-0.15, -0.1) is 0 Å². The van der Waals surface area contributed by atoms with Crippen molar-refractivity contribution in [3.63, 3.8) is 0 Å². The van der Waals surface area contributed by atoms with Crippen molar-refractivity contribution in [2.24, 2.45) is 5.73 Å². The van der Waals surface area contributed by atoms with E-state index in [-0.39, 0.29) is 0 Å². The number of carbonyl (C=O) groups is 1. The first kappa shape index (κ1) is 21.3. The van der Waals surface area contributed by atoms with Crippen LogP contribution in [0.3, 0.4) is 0 Å². The molecule has 9 heteroatoms. The maximum absolute atomic E-state index is 12.6. The number of primary amides is 1. The topological polar surface area (TPSA) is 86.5 Å². The number of rotatable bonds is 4. The maximum atomic E-state index is 12.6. The van der Waals surface area contributed by atoms with Gasteiger partial charge in [0.1, 0.15) is 5.76 Å². The fourth-order valence-electron chi connectivity index (χ4n) is 2.91. The summed E-state index contributed by atoms with van der Waals surface area (Å²) in [5.41, 5.74) is 5.80. The van der Waals surface area contributed by atoms with Crippen LogP contribution in [0.2, 0.25) is 0 Å². The Hall–Kier alpha value is -2.99. The van der Waals surface area contributed by atoms with Crippen LogP contribution in [-0.4, -0.2) is 37.0 Å². The van der Waals surface area contributed by atoms with Gasteiger partial charge in [0.15, 0.2) is 0 Å². The third kappa shape index (κ3) is 5.50. The highest BCUT2D eigenvalue weighted by atomic mass is 19.4. The number of carbonyl (C=O) groups excluding carboxylic acids is 1. The van der Waals surface area contributed by atoms with Gasteiger partial charge in [-0.3, -0.25) is 9.69 Å². The molecule has 28 heavy (non-hydrogen) atoms. The highest BCUT2D eigenvalue weighted by Crippen LogP contribution is 2.30. The molecule has 1 saturated heterocycles. The zero-order valence-corrected chi connectivity index (χ0v) is 15.4. The molecule has 2 heterocycles. The van der Waals surface area contributed by atoms with Crippen LogP contribution in [0.1, 0.15) is 28.6 Å². The Morgan fingerprint density at radius 1 is 1.18 bits per heavy atom. The third-order valence-electron chi connectivity index (χ3n) is 4.31. The zero-order chi connectivity index (χ0) is 20.7. The van der Waals surface area contributed by atoms with Crippen LogP contribution >= 0.6 is 0 Å². The second kappa shape index (κ2) is 9.28. The molecule has 2 aromatic rings. The Balaban J connectivity index is 0.000000878. The van der Waals surface area contributed by atoms with Gasteiger partial charge in [0.05, 0.1) is 30.0 Å². The lowest BCUT2D eigenvalue weighted by atomic mass is 10.1. The van der Waals surface area contributed by atoms with Crippen molar-refractivity contribution in [3.05, 3.63) is 53.5 Å². The van der Waals surface area contributed by atoms with Crippen LogP contribution in [0.25, 0.3) is 0 Å². The molecule has 6 nitrogen and oxygen atoms in total. The van der Waals surface area contributed by atoms with E-state index < -0.39 is 17.6 Å². The number of benzene rings is 1. The van der Waals surface area contributed by atoms with E-state index in [0.29, 0.717) is 44.0 Å². The van der Waals surface area contributed by atoms with Crippen molar-refractivity contribution >= 4 is 11.6 Å². The van der Waals surface area contributed by atoms with E-state index in [1.807, 2.05) is 4.90 Å². The highest BCUT2D eigenvalue weighted by Gasteiger charge is 2.30. The van der Waals surface area contributed by atoms with E-state index in [0.717, 1.165) is 17.8 Å². The van der Waals surface area contributed by atoms with Crippen LogP contribution < -0.4 is 10.6 Å². The normalized spacial score (nSPS) is 14.8. The second-order valence-corrected chi connectivity index (χ2v) is 6.15. The fraction of sp³-hybridized carbons (Fsp3) is 0.368. The summed E-state index contributed by atoms with van der Waals surface area (Å²) < 4.78 is 43.2. The quantitative estimate of drug-likeness (QED) is 0.860. The standard InChI is InChI=1S/C17H18F3N3O2.C2H3N/c18-17(19,20)12-1-3-13(4-2-12)23-8-6-22(7-9-23)11-15-14(16(21)24)5-10-25-15;1-2-3/h1-5,10H,6-9,11H2,(H2,21,24);1H3. The van der Waals surface area contributed by atoms with E-state index >= 15 is 0 Å². The van der Waals surface area contributed by atoms with Gasteiger partial charge in [-0.1, -0.05) is 0 Å². The van der Waals surface area contributed by atoms with Gasteiger partial charge in [0.2, 0.25) is 0 Å². The average molecular weight is 394 g/mol. The summed E-state index contributed by atoms with van der Waals surface area (Å²) in [5, 5.41) is 7.32. The molecular weight excluding hydrogens is 373 g/mol. The largest absolute Gasteiger partial charge is 0.467 e. The molecular formula is C19H21F3N4O2. The number of anilines is 1. The first-order valence-electron chi connectivity index (χ1n) is 8.57. The Bertz CT molecular complexity index is 817. The molecule has 1 aromatic carbocycles. The molecule has 150 valence electrons. The molecule has 0 unspecified atom stereocenters. The molecule has 0 atom stereocenters. The Morgan fingerprint density at radius 3 is 2.25 bits per heavy atom. The lowest BCUT2D eigenvalue weighted by Crippen LogP contribution is -2.46. The van der Waals surface area contributed by atoms with Crippen LogP contribution in [0.15, 0.2) is 41.0 Å². The molecule has 2 N–H and O–H groups in total. The summed E-state index contributed by atoms with van der Waals surface area (Å²) in [4.78, 5) is 15.5. The van der Waals surface area contributed by atoms with Crippen LogP contribution in [0, 0.1) is 11.3 Å². The van der Waals surface area contributed by atoms with Gasteiger partial charge >= 0.3 is 6.18 Å². The number of hydrogen-bond donors (Lipinski definition) is 1. The van der Waals surface area contributed by atoms with Crippen molar-refractivity contribution < 1.29 is 22.4 Å². The van der Waals surface area contributed by atoms with E-state index in [9.17, 15) is 18.0 Å². The minimum Gasteiger partial charge on any atom is -0.467 e. The summed E-state index contributed by atoms with van der Waals surface area (Å²) in [6, 6.07) is 8.50. The number of piperazine rings is 1. The minimum absolute atomic E-state index is 0.380. The molecule has 1 aliphatic rings. The number of hydrogen-bond acceptors (Lipinski definition) is 5. The van der Waals surface area contributed by atoms with Gasteiger partial charge in [-0.05, 0) is 30.3 Å². The Kier molecular flexibility index (Phi) is 7.06. The molecule has 0 spiro atoms. The van der Waals surface area contributed by atoms with Crippen molar-refractivity contribution in [2.75, 3.05) is 31.1 Å². The van der Waals surface area contributed by atoms with Gasteiger partial charge in [-0.25, -0.2) is 0 Å². The Labute approximate surface area is 160 Å². The average Bonchev–Trinajstić information content (AvgIpc) is 3.11. The predicted octanol–water partition coefficient (Wildman–Crippen LogP) is 3.25. The summed E-state index contributed by atoms with van der Waals surface area (Å²) in [7, 11) is 0. The molecule has 1 fully saturated rings. The number of alkyl halides is 3. The zero-order valence-electron chi connectivity index (χ0n) is 15.4. The molecule has 0 saturated carbocycles. The molecule has 1 aliphatic heterocycles. The number of amides is 1. The van der Waals surface area contributed by atoms with E-state index in [1.165, 1.54) is 25.3 Å². The van der Waals surface area contributed by atoms with Crippen molar-refractivity contribution in [1.82, 2.24) is 4.90 Å². The lowest BCUT2D eigenvalue weighted by molar-refractivity contribution is -0.137. The van der Waals surface area contributed by atoms with E-state index in [4.69, 9.17) is 15.4 Å². The number of nitrogens with zero attached hydrogens (tertiary/aromatic N) is 3. The van der Waals surface area contributed by atoms with Crippen LogP contribution in [0.4, 0.5) is 18.9 Å². The van der Waals surface area contributed by atoms with Gasteiger partial charge in [0.25, 0.3) is 5.91 Å². The highest BCUT2D eigenvalue weighted by molar-refractivity contribution is 5.93. The minimum atomic E-state index is -4.32. The van der Waals surface area contributed by atoms with Crippen molar-refractivity contribution in [2.45, 2.75) is 19.6 Å². The summed E-state index contributed by atoms with van der Waals surface area (Å²) in [5.74, 6) is 0.0163. The van der Waals surface area contributed by atoms with Gasteiger partial charge in [0, 0.05) is 38.8 Å². The predicted molar refractivity (Wildman–Crippen MR) is 97.4 cm³/mol. The molecule has 0 radical (unpaired) electrons. The molecule has 0 bridgehead atoms. The summed E-state index contributed by atoms with van der Waals surface area (Å²) in [6.45, 7) is 4.68. The number of nitrogens with two attached hydrogens (primary N) is 1. The van der Waals surface area contributed by atoms with Crippen LogP contribution in [-0.2, 0) is 12.7 Å². The molecule has 0 aliphatic carbocycles. The maximum Gasteiger partial charge on any atom is 0.416 e. The SMILES string of the molecule is CC#N.NC(=O)c1ccoc1CN1CCN(c2ccc(C(F)(F)F)cc2)CC1. The first-order chi connectivity index (χ1) is 13.3. The third-order valence-corrected chi connectivity index (χ3v) is 4.31. The van der Waals surface area contributed by atoms with Gasteiger partial charge < -0.3 is 15.1 Å². The molecule has 3 rings (SSSR count). The first-order valence-corrected chi connectivity index (χ1v) is 8.57. The number of nitriles is 1. The van der Waals surface area contributed by atoms with E-state index in [1.54, 1.807) is 12.1 Å². The second-order valence-electron chi connectivity index (χ2n) is 6.15. The monoisotopic (exact) mass is 394 g/mol. The van der Waals surface area contributed by atoms with E-state index in [2.05, 4.69) is 4.90 Å². The van der Waals surface area contributed by atoms with Gasteiger partial charge in [-0.2, -0.15) is 18.4 Å². The molecule has 1 amide bonds. The fourth-order valence-corrected chi connectivity index (χ4v) is 2.91. The van der Waals surface area contributed by atoms with Crippen molar-refractivity contribution in [1.29, 1.82) is 5.26 Å². The van der Waals surface area contributed by atoms with Crippen molar-refractivity contribution in [3.8, 4) is 6.07 Å². The smallest absolute Gasteiger partial charge is 0.416 e. The van der Waals surface area contributed by atoms with Crippen LogP contribution in [0.5, 0.6) is 0 Å². The number of halogens is 3. The summed E-state index contributed by atoms with van der Waals surface area (Å²) >= 11 is 0. The Morgan fingerprint density at radius 2 is 1.75 bits per heavy atom. The number of furan rings is 1. The summed E-state index contributed by atoms with van der Waals surface area (Å²) in [6.07, 6.45) is -2.88. The lowest BCUT2D eigenvalue weighted by Gasteiger charge is -2.35.